The molecular weight excluding hydrogens is 1460 g/mol. The topological polar surface area (TPSA) is 16.3 Å². The molecule has 19 aromatic rings. The molecule has 4 nitrogen and oxygen atoms in total. The maximum absolute atomic E-state index is 12.2. The molecule has 5 heterocycles. The van der Waals surface area contributed by atoms with Crippen molar-refractivity contribution < 1.29 is 30.2 Å². The molecule has 1 atom stereocenters. The van der Waals surface area contributed by atoms with Crippen LogP contribution in [-0.4, -0.2) is 23.6 Å². The number of aromatic nitrogens is 2. The van der Waals surface area contributed by atoms with Crippen molar-refractivity contribution in [3.05, 3.63) is 409 Å². The molecule has 115 heavy (non-hydrogen) atoms. The van der Waals surface area contributed by atoms with E-state index in [4.69, 9.17) is 2.74 Å². The van der Waals surface area contributed by atoms with Gasteiger partial charge >= 0.3 is 420 Å². The molecule has 0 saturated heterocycles. The van der Waals surface area contributed by atoms with Gasteiger partial charge < -0.3 is 0 Å². The Morgan fingerprint density at radius 3 is 1.19 bits per heavy atom. The zero-order valence-corrected chi connectivity index (χ0v) is 65.2. The van der Waals surface area contributed by atoms with Gasteiger partial charge in [-0.25, -0.2) is 0 Å². The number of anilines is 6. The molecule has 2 aliphatic heterocycles. The first-order valence-corrected chi connectivity index (χ1v) is 40.3. The summed E-state index contributed by atoms with van der Waals surface area (Å²) in [4.78, 5) is 3.95. The molecule has 1 aliphatic carbocycles. The van der Waals surface area contributed by atoms with Gasteiger partial charge in [0.2, 0.25) is 0 Å². The van der Waals surface area contributed by atoms with E-state index in [2.05, 4.69) is 84.0 Å². The number of hydrogen-bond donors (Lipinski definition) is 0. The molecule has 0 N–H and O–H groups in total. The van der Waals surface area contributed by atoms with Crippen LogP contribution >= 0.6 is 0 Å². The predicted octanol–water partition coefficient (Wildman–Crippen LogP) is 29.5. The monoisotopic (exact) mass is 1560 g/mol. The van der Waals surface area contributed by atoms with Gasteiger partial charge in [0.15, 0.2) is 0 Å². The van der Waals surface area contributed by atoms with Gasteiger partial charge in [0.1, 0.15) is 0 Å². The second-order valence-electron chi connectivity index (χ2n) is 31.8. The molecular formula is C110H82N4Se. The van der Waals surface area contributed by atoms with Crippen LogP contribution in [0.3, 0.4) is 0 Å². The summed E-state index contributed by atoms with van der Waals surface area (Å²) in [7, 11) is 0. The average molecular weight is 1560 g/mol. The van der Waals surface area contributed by atoms with E-state index in [-0.39, 0.29) is 104 Å². The van der Waals surface area contributed by atoms with Crippen molar-refractivity contribution in [2.24, 2.45) is 0 Å². The summed E-state index contributed by atoms with van der Waals surface area (Å²) in [5, 5.41) is -0.283. The summed E-state index contributed by atoms with van der Waals surface area (Å²) in [6.45, 7) is 12.7. The van der Waals surface area contributed by atoms with Gasteiger partial charge in [-0.3, -0.25) is 0 Å². The fourth-order valence-corrected chi connectivity index (χ4v) is 19.9. The van der Waals surface area contributed by atoms with Crippen molar-refractivity contribution in [2.75, 3.05) is 9.80 Å². The van der Waals surface area contributed by atoms with Crippen LogP contribution in [0.25, 0.3) is 142 Å². The van der Waals surface area contributed by atoms with Crippen LogP contribution in [0.4, 0.5) is 34.1 Å². The molecule has 548 valence electrons. The van der Waals surface area contributed by atoms with E-state index >= 15 is 0 Å². The van der Waals surface area contributed by atoms with Crippen molar-refractivity contribution in [2.45, 2.75) is 64.7 Å². The van der Waals surface area contributed by atoms with Crippen LogP contribution in [0.15, 0.2) is 370 Å². The molecule has 0 spiro atoms. The molecule has 3 aliphatic rings. The van der Waals surface area contributed by atoms with E-state index in [1.54, 1.807) is 0 Å². The summed E-state index contributed by atoms with van der Waals surface area (Å²) in [5.74, 6) is -1.65. The van der Waals surface area contributed by atoms with Gasteiger partial charge in [0.05, 0.1) is 16.5 Å². The van der Waals surface area contributed by atoms with E-state index < -0.39 is 164 Å². The number of fused-ring (bicyclic) bond motifs is 14. The third kappa shape index (κ3) is 11.1. The minimum absolute atomic E-state index is 0.0146. The number of benzene rings is 16. The molecule has 16 aromatic carbocycles. The normalized spacial score (nSPS) is 16.2. The maximum atomic E-state index is 12.2. The Hall–Kier alpha value is -13.3. The van der Waals surface area contributed by atoms with Crippen molar-refractivity contribution in [3.63, 3.8) is 0 Å². The Bertz CT molecular complexity index is 8340. The Kier molecular flexibility index (Phi) is 11.4. The van der Waals surface area contributed by atoms with Gasteiger partial charge in [-0.15, -0.1) is 0 Å². The number of hydrogen-bond acceptors (Lipinski definition) is 2. The van der Waals surface area contributed by atoms with E-state index in [0.717, 1.165) is 33.4 Å². The fourth-order valence-electron chi connectivity index (χ4n) is 17.5. The summed E-state index contributed by atoms with van der Waals surface area (Å²) < 4.78 is 227. The first-order chi connectivity index (χ1) is 65.5. The zero-order valence-electron chi connectivity index (χ0n) is 85.5. The standard InChI is InChI=1S/C110H82N4Se/c1-109(2,3)80-63-90(71-37-17-9-18-38-71)106(91(64-80)72-39-19-10-20-40-72)113-96-67-82(111-94-50-30-27-47-85(94)102-84-46-26-25-45-75(84)60-98(102)111)53-55-87(96)103-88-56-54-83(112-95-51-31-28-48-86(95)104-89-49-29-32-52-101(89)115-108(104)112)68-97(88)114(107-92(73-41-21-11-22-42-73)65-81(110(4,5)6)66-93(107)74-43-23-12-24-44-74)100-62-79(61-99(113)105(100)103)78-58-76(69-33-13-7-14-34-69)57-77(59-78)70-35-15-8-16-36-70/h7-59,61-68,103H,60H2,1-6H3/i25D,26D,27D,28D,29D,30D,31D,32D,45D,46D,47D,48D,49D,50D,51D,52D,53D,54D,55D,56D,67D,68D. The van der Waals surface area contributed by atoms with E-state index in [9.17, 15) is 27.4 Å². The van der Waals surface area contributed by atoms with Crippen molar-refractivity contribution >= 4 is 89.9 Å². The van der Waals surface area contributed by atoms with Crippen molar-refractivity contribution in [3.8, 4) is 100 Å². The quantitative estimate of drug-likeness (QED) is 0.120. The van der Waals surface area contributed by atoms with Crippen molar-refractivity contribution in [1.82, 2.24) is 9.13 Å². The molecule has 1 unspecified atom stereocenters. The second-order valence-corrected chi connectivity index (χ2v) is 33.9. The van der Waals surface area contributed by atoms with Gasteiger partial charge in [0.25, 0.3) is 0 Å². The zero-order chi connectivity index (χ0) is 96.1. The number of nitrogens with zero attached hydrogens (tertiary/aromatic N) is 4. The first-order valence-electron chi connectivity index (χ1n) is 49.6. The summed E-state index contributed by atoms with van der Waals surface area (Å²) in [6.07, 6.45) is -0.353. The van der Waals surface area contributed by atoms with Gasteiger partial charge in [-0.2, -0.15) is 0 Å². The molecule has 5 heteroatoms. The van der Waals surface area contributed by atoms with E-state index in [1.165, 1.54) is 9.13 Å². The third-order valence-electron chi connectivity index (χ3n) is 22.9. The summed E-state index contributed by atoms with van der Waals surface area (Å²) in [6, 6.07) is 65.3. The molecule has 0 amide bonds. The predicted molar refractivity (Wildman–Crippen MR) is 486 cm³/mol. The first kappa shape index (κ1) is 49.3. The van der Waals surface area contributed by atoms with Crippen LogP contribution in [0, 0.1) is 0 Å². The van der Waals surface area contributed by atoms with Crippen LogP contribution in [-0.2, 0) is 17.3 Å². The average Bonchev–Trinajstić information content (AvgIpc) is 1.62. The van der Waals surface area contributed by atoms with Crippen molar-refractivity contribution in [1.29, 1.82) is 0 Å². The molecule has 0 radical (unpaired) electrons. The Morgan fingerprint density at radius 1 is 0.339 bits per heavy atom. The number of rotatable bonds is 11. The Labute approximate surface area is 709 Å². The fraction of sp³-hybridized carbons (Fsp3) is 0.0909. The summed E-state index contributed by atoms with van der Waals surface area (Å²) >= 11 is -1.25. The van der Waals surface area contributed by atoms with Gasteiger partial charge in [0, 0.05) is 23.1 Å². The van der Waals surface area contributed by atoms with E-state index in [0.29, 0.717) is 83.9 Å². The van der Waals surface area contributed by atoms with Crippen LogP contribution in [0.1, 0.15) is 117 Å². The van der Waals surface area contributed by atoms with Crippen LogP contribution in [0.2, 0.25) is 0 Å². The van der Waals surface area contributed by atoms with Gasteiger partial charge in [-0.05, 0) is 68.6 Å². The van der Waals surface area contributed by atoms with Crippen LogP contribution < -0.4 is 9.80 Å². The van der Waals surface area contributed by atoms with Crippen LogP contribution in [0.5, 0.6) is 0 Å². The minimum atomic E-state index is -1.65. The molecule has 22 rings (SSSR count). The van der Waals surface area contributed by atoms with E-state index in [1.807, 2.05) is 204 Å². The third-order valence-corrected chi connectivity index (χ3v) is 25.2. The second kappa shape index (κ2) is 26.7. The Morgan fingerprint density at radius 2 is 0.722 bits per heavy atom. The summed E-state index contributed by atoms with van der Waals surface area (Å²) in [5.41, 5.74) is 10.6. The molecule has 0 fully saturated rings. The van der Waals surface area contributed by atoms with Gasteiger partial charge in [-0.1, -0.05) is 184 Å². The molecule has 0 bridgehead atoms. The molecule has 3 aromatic heterocycles. The number of para-hydroxylation sites is 2. The molecule has 0 saturated carbocycles. The SMILES string of the molecule is [2H]c1c([2H])c([2H])c2c(c1[2H])Cc1c-2c2c([2H])c([2H])c([2H])c([2H])c2n1-c1c([2H])c([2H])c2c(c1[2H])N(c1c(-c3ccccc3)cc(C(C)(C)C)cc1-c1ccccc1)c1cc(-c3cc(-c4ccccc4)cc(-c4ccccc4)c3)cc3c1C2c1c([2H])c([2H])c(-n2c4[se]c5c([2H])c([2H])c([2H])c([2H])c5c4c4c([2H])c([2H])c([2H])c([2H])c42)c([2H])c1N3c1c(-c2ccccc2)cc(C(C)(C)C)cc1-c1ccccc1. The Balaban J connectivity index is 1.01.